The standard InChI is InChI=1S/C17H17N3OS/c18-16-15-12(5-8-22-15)9-11-3-4-13(10-14(11)19-16)17(21)20-6-1-2-7-20/h3-5,8,10H,1-2,6-7,9H2,(H2,18,19). The minimum Gasteiger partial charge on any atom is -0.382 e. The van der Waals surface area contributed by atoms with Gasteiger partial charge < -0.3 is 10.6 Å². The zero-order valence-corrected chi connectivity index (χ0v) is 13.0. The van der Waals surface area contributed by atoms with Crippen molar-refractivity contribution in [3.05, 3.63) is 51.2 Å². The molecule has 4 nitrogen and oxygen atoms in total. The van der Waals surface area contributed by atoms with Gasteiger partial charge in [-0.2, -0.15) is 0 Å². The number of hydrogen-bond acceptors (Lipinski definition) is 4. The van der Waals surface area contributed by atoms with Crippen molar-refractivity contribution in [1.29, 1.82) is 0 Å². The molecule has 3 heterocycles. The lowest BCUT2D eigenvalue weighted by Gasteiger charge is -2.16. The number of fused-ring (bicyclic) bond motifs is 2. The molecule has 112 valence electrons. The fraction of sp³-hybridized carbons (Fsp3) is 0.294. The fourth-order valence-electron chi connectivity index (χ4n) is 3.14. The quantitative estimate of drug-likeness (QED) is 0.880. The van der Waals surface area contributed by atoms with Crippen molar-refractivity contribution in [1.82, 2.24) is 4.90 Å². The molecule has 0 spiro atoms. The molecular formula is C17H17N3OS. The molecular weight excluding hydrogens is 294 g/mol. The SMILES string of the molecule is NC1=Nc2cc(C(=O)N3CCCC3)ccc2Cc2ccsc21. The summed E-state index contributed by atoms with van der Waals surface area (Å²) in [5.74, 6) is 0.655. The van der Waals surface area contributed by atoms with E-state index in [1.54, 1.807) is 11.3 Å². The second-order valence-corrected chi connectivity index (χ2v) is 6.71. The molecule has 2 N–H and O–H groups in total. The zero-order valence-electron chi connectivity index (χ0n) is 12.2. The molecule has 4 rings (SSSR count). The Morgan fingerprint density at radius 2 is 2.00 bits per heavy atom. The van der Waals surface area contributed by atoms with Gasteiger partial charge in [-0.15, -0.1) is 11.3 Å². The maximum absolute atomic E-state index is 12.5. The third kappa shape index (κ3) is 2.22. The van der Waals surface area contributed by atoms with Gasteiger partial charge in [0.2, 0.25) is 0 Å². The number of nitrogens with two attached hydrogens (primary N) is 1. The molecule has 1 fully saturated rings. The van der Waals surface area contributed by atoms with E-state index in [4.69, 9.17) is 5.73 Å². The third-order valence-corrected chi connectivity index (χ3v) is 5.31. The minimum atomic E-state index is 0.105. The van der Waals surface area contributed by atoms with Gasteiger partial charge in [0.05, 0.1) is 10.6 Å². The van der Waals surface area contributed by atoms with Gasteiger partial charge in [-0.05, 0) is 47.5 Å². The van der Waals surface area contributed by atoms with Crippen LogP contribution >= 0.6 is 11.3 Å². The van der Waals surface area contributed by atoms with Crippen molar-refractivity contribution in [2.45, 2.75) is 19.3 Å². The number of nitrogens with zero attached hydrogens (tertiary/aromatic N) is 2. The van der Waals surface area contributed by atoms with Crippen LogP contribution in [0.2, 0.25) is 0 Å². The van der Waals surface area contributed by atoms with Crippen LogP contribution in [0.15, 0.2) is 34.6 Å². The molecule has 2 aromatic rings. The summed E-state index contributed by atoms with van der Waals surface area (Å²) in [6.07, 6.45) is 3.01. The highest BCUT2D eigenvalue weighted by atomic mass is 32.1. The lowest BCUT2D eigenvalue weighted by Crippen LogP contribution is -2.27. The Hall–Kier alpha value is -2.14. The average Bonchev–Trinajstić information content (AvgIpc) is 3.17. The second kappa shape index (κ2) is 5.25. The average molecular weight is 311 g/mol. The molecule has 0 radical (unpaired) electrons. The first kappa shape index (κ1) is 13.5. The van der Waals surface area contributed by atoms with Crippen LogP contribution in [0, 0.1) is 0 Å². The number of aliphatic imine (C=N–C) groups is 1. The van der Waals surface area contributed by atoms with Gasteiger partial charge in [0.25, 0.3) is 5.91 Å². The van der Waals surface area contributed by atoms with Gasteiger partial charge in [-0.3, -0.25) is 4.79 Å². The minimum absolute atomic E-state index is 0.105. The van der Waals surface area contributed by atoms with Gasteiger partial charge in [-0.1, -0.05) is 6.07 Å². The van der Waals surface area contributed by atoms with Crippen LogP contribution in [0.3, 0.4) is 0 Å². The molecule has 2 aliphatic rings. The van der Waals surface area contributed by atoms with Crippen molar-refractivity contribution in [3.63, 3.8) is 0 Å². The summed E-state index contributed by atoms with van der Waals surface area (Å²) in [6, 6.07) is 7.92. The van der Waals surface area contributed by atoms with Gasteiger partial charge >= 0.3 is 0 Å². The number of likely N-dealkylation sites (tertiary alicyclic amines) is 1. The van der Waals surface area contributed by atoms with E-state index in [2.05, 4.69) is 11.1 Å². The predicted molar refractivity (Wildman–Crippen MR) is 89.1 cm³/mol. The zero-order chi connectivity index (χ0) is 15.1. The van der Waals surface area contributed by atoms with Crippen molar-refractivity contribution < 1.29 is 4.79 Å². The molecule has 0 saturated carbocycles. The van der Waals surface area contributed by atoms with E-state index >= 15 is 0 Å². The first-order chi connectivity index (χ1) is 10.7. The van der Waals surface area contributed by atoms with Crippen LogP contribution in [-0.4, -0.2) is 29.7 Å². The van der Waals surface area contributed by atoms with Gasteiger partial charge in [0, 0.05) is 25.1 Å². The van der Waals surface area contributed by atoms with Gasteiger partial charge in [0.15, 0.2) is 0 Å². The van der Waals surface area contributed by atoms with E-state index in [1.807, 2.05) is 28.5 Å². The number of thiophene rings is 1. The largest absolute Gasteiger partial charge is 0.382 e. The normalized spacial score (nSPS) is 16.7. The summed E-state index contributed by atoms with van der Waals surface area (Å²) in [5.41, 5.74) is 9.99. The smallest absolute Gasteiger partial charge is 0.253 e. The lowest BCUT2D eigenvalue weighted by molar-refractivity contribution is 0.0793. The number of amidine groups is 1. The third-order valence-electron chi connectivity index (χ3n) is 4.33. The van der Waals surface area contributed by atoms with Crippen molar-refractivity contribution in [2.24, 2.45) is 10.7 Å². The van der Waals surface area contributed by atoms with Crippen molar-refractivity contribution >= 4 is 28.8 Å². The monoisotopic (exact) mass is 311 g/mol. The van der Waals surface area contributed by atoms with Crippen LogP contribution in [0.4, 0.5) is 5.69 Å². The number of benzene rings is 1. The summed E-state index contributed by atoms with van der Waals surface area (Å²) in [5, 5.41) is 2.04. The van der Waals surface area contributed by atoms with E-state index in [1.165, 1.54) is 5.56 Å². The Kier molecular flexibility index (Phi) is 3.22. The maximum Gasteiger partial charge on any atom is 0.253 e. The first-order valence-electron chi connectivity index (χ1n) is 7.55. The number of hydrogen-bond donors (Lipinski definition) is 1. The summed E-state index contributed by atoms with van der Waals surface area (Å²) >= 11 is 1.62. The Balaban J connectivity index is 1.72. The molecule has 0 bridgehead atoms. The van der Waals surface area contributed by atoms with Crippen molar-refractivity contribution in [2.75, 3.05) is 13.1 Å². The molecule has 0 aliphatic carbocycles. The van der Waals surface area contributed by atoms with Gasteiger partial charge in [-0.25, -0.2) is 4.99 Å². The maximum atomic E-state index is 12.5. The highest BCUT2D eigenvalue weighted by Gasteiger charge is 2.22. The van der Waals surface area contributed by atoms with E-state index in [9.17, 15) is 4.79 Å². The number of rotatable bonds is 1. The Bertz CT molecular complexity index is 772. The molecule has 0 atom stereocenters. The van der Waals surface area contributed by atoms with Crippen LogP contribution in [0.25, 0.3) is 0 Å². The van der Waals surface area contributed by atoms with Crippen LogP contribution in [0.5, 0.6) is 0 Å². The molecule has 1 aromatic carbocycles. The number of amides is 1. The summed E-state index contributed by atoms with van der Waals surface area (Å²) in [4.78, 5) is 20.0. The Morgan fingerprint density at radius 3 is 2.82 bits per heavy atom. The molecule has 0 unspecified atom stereocenters. The molecule has 2 aliphatic heterocycles. The topological polar surface area (TPSA) is 58.7 Å². The number of carbonyl (C=O) groups is 1. The summed E-state index contributed by atoms with van der Waals surface area (Å²) < 4.78 is 0. The Morgan fingerprint density at radius 1 is 1.18 bits per heavy atom. The van der Waals surface area contributed by atoms with E-state index < -0.39 is 0 Å². The molecule has 1 amide bonds. The number of carbonyl (C=O) groups excluding carboxylic acids is 1. The fourth-order valence-corrected chi connectivity index (χ4v) is 3.96. The molecule has 22 heavy (non-hydrogen) atoms. The molecule has 1 aromatic heterocycles. The highest BCUT2D eigenvalue weighted by Crippen LogP contribution is 2.31. The second-order valence-electron chi connectivity index (χ2n) is 5.79. The van der Waals surface area contributed by atoms with Crippen LogP contribution in [0.1, 0.15) is 39.2 Å². The van der Waals surface area contributed by atoms with Crippen LogP contribution < -0.4 is 5.73 Å². The lowest BCUT2D eigenvalue weighted by atomic mass is 10.0. The predicted octanol–water partition coefficient (Wildman–Crippen LogP) is 2.93. The van der Waals surface area contributed by atoms with Gasteiger partial charge in [0.1, 0.15) is 5.84 Å². The first-order valence-corrected chi connectivity index (χ1v) is 8.43. The van der Waals surface area contributed by atoms with E-state index in [-0.39, 0.29) is 5.91 Å². The summed E-state index contributed by atoms with van der Waals surface area (Å²) in [7, 11) is 0. The van der Waals surface area contributed by atoms with E-state index in [0.717, 1.165) is 48.5 Å². The van der Waals surface area contributed by atoms with E-state index in [0.29, 0.717) is 11.4 Å². The highest BCUT2D eigenvalue weighted by molar-refractivity contribution is 7.12. The molecule has 5 heteroatoms. The molecule has 1 saturated heterocycles. The van der Waals surface area contributed by atoms with Crippen LogP contribution in [-0.2, 0) is 6.42 Å². The van der Waals surface area contributed by atoms with Crippen molar-refractivity contribution in [3.8, 4) is 0 Å². The Labute approximate surface area is 133 Å². The summed E-state index contributed by atoms with van der Waals surface area (Å²) in [6.45, 7) is 1.72.